The third-order valence-corrected chi connectivity index (χ3v) is 3.06. The molecule has 5 heteroatoms. The van der Waals surface area contributed by atoms with Crippen molar-refractivity contribution >= 4 is 34.6 Å². The van der Waals surface area contributed by atoms with E-state index in [4.69, 9.17) is 12.2 Å². The number of carbonyl (C=O) groups excluding carboxylic acids is 1. The van der Waals surface area contributed by atoms with E-state index in [1.165, 1.54) is 0 Å². The first-order chi connectivity index (χ1) is 10.5. The lowest BCUT2D eigenvalue weighted by Gasteiger charge is -2.11. The molecular formula is C17H19N3OS. The van der Waals surface area contributed by atoms with Crippen molar-refractivity contribution in [1.82, 2.24) is 5.32 Å². The van der Waals surface area contributed by atoms with E-state index in [9.17, 15) is 4.79 Å². The van der Waals surface area contributed by atoms with Gasteiger partial charge in [0.15, 0.2) is 5.11 Å². The topological polar surface area (TPSA) is 53.2 Å². The smallest absolute Gasteiger partial charge is 0.251 e. The molecule has 0 saturated carbocycles. The molecule has 0 bridgehead atoms. The largest absolute Gasteiger partial charge is 0.350 e. The van der Waals surface area contributed by atoms with Crippen LogP contribution in [0.1, 0.15) is 24.2 Å². The summed E-state index contributed by atoms with van der Waals surface area (Å²) in [5, 5.41) is 9.54. The van der Waals surface area contributed by atoms with Gasteiger partial charge in [0, 0.05) is 23.0 Å². The molecule has 3 N–H and O–H groups in total. The van der Waals surface area contributed by atoms with E-state index in [0.29, 0.717) is 10.7 Å². The molecule has 0 spiro atoms. The fourth-order valence-corrected chi connectivity index (χ4v) is 2.10. The molecule has 0 unspecified atom stereocenters. The standard InChI is InChI=1S/C17H19N3OS/c1-12(2)18-16(21)13-8-10-15(11-9-13)20-17(22)19-14-6-4-3-5-7-14/h3-12H,1-2H3,(H,18,21)(H2,19,20,22). The number of hydrogen-bond acceptors (Lipinski definition) is 2. The molecule has 22 heavy (non-hydrogen) atoms. The van der Waals surface area contributed by atoms with E-state index in [1.54, 1.807) is 12.1 Å². The minimum atomic E-state index is -0.0773. The lowest BCUT2D eigenvalue weighted by Crippen LogP contribution is -2.30. The maximum Gasteiger partial charge on any atom is 0.251 e. The van der Waals surface area contributed by atoms with Crippen LogP contribution in [0.15, 0.2) is 54.6 Å². The third kappa shape index (κ3) is 4.86. The molecular weight excluding hydrogens is 294 g/mol. The molecule has 114 valence electrons. The van der Waals surface area contributed by atoms with Crippen LogP contribution < -0.4 is 16.0 Å². The zero-order valence-electron chi connectivity index (χ0n) is 12.6. The van der Waals surface area contributed by atoms with Crippen molar-refractivity contribution in [1.29, 1.82) is 0 Å². The summed E-state index contributed by atoms with van der Waals surface area (Å²) in [5.41, 5.74) is 2.38. The van der Waals surface area contributed by atoms with E-state index in [-0.39, 0.29) is 11.9 Å². The molecule has 0 aliphatic carbocycles. The number of amides is 1. The molecule has 2 aromatic carbocycles. The number of benzene rings is 2. The van der Waals surface area contributed by atoms with Crippen LogP contribution in [0.25, 0.3) is 0 Å². The monoisotopic (exact) mass is 313 g/mol. The van der Waals surface area contributed by atoms with Crippen molar-refractivity contribution in [2.75, 3.05) is 10.6 Å². The molecule has 0 saturated heterocycles. The number of anilines is 2. The number of rotatable bonds is 4. The van der Waals surface area contributed by atoms with Gasteiger partial charge >= 0.3 is 0 Å². The number of thiocarbonyl (C=S) groups is 1. The highest BCUT2D eigenvalue weighted by Crippen LogP contribution is 2.11. The number of nitrogens with one attached hydrogen (secondary N) is 3. The fraction of sp³-hybridized carbons (Fsp3) is 0.176. The summed E-state index contributed by atoms with van der Waals surface area (Å²) in [6.45, 7) is 3.86. The summed E-state index contributed by atoms with van der Waals surface area (Å²) in [7, 11) is 0. The van der Waals surface area contributed by atoms with Gasteiger partial charge in [-0.25, -0.2) is 0 Å². The molecule has 0 aliphatic heterocycles. The second-order valence-corrected chi connectivity index (χ2v) is 5.56. The first-order valence-electron chi connectivity index (χ1n) is 7.08. The van der Waals surface area contributed by atoms with E-state index in [2.05, 4.69) is 16.0 Å². The van der Waals surface area contributed by atoms with Gasteiger partial charge in [-0.05, 0) is 62.5 Å². The number of hydrogen-bond donors (Lipinski definition) is 3. The molecule has 0 aliphatic rings. The Hall–Kier alpha value is -2.40. The Morgan fingerprint density at radius 3 is 2.00 bits per heavy atom. The van der Waals surface area contributed by atoms with Crippen molar-refractivity contribution < 1.29 is 4.79 Å². The second-order valence-electron chi connectivity index (χ2n) is 5.15. The van der Waals surface area contributed by atoms with Gasteiger partial charge < -0.3 is 16.0 Å². The average molecular weight is 313 g/mol. The van der Waals surface area contributed by atoms with Crippen LogP contribution in [0.3, 0.4) is 0 Å². The van der Waals surface area contributed by atoms with Crippen LogP contribution in [-0.2, 0) is 0 Å². The van der Waals surface area contributed by atoms with Crippen LogP contribution in [0.2, 0.25) is 0 Å². The summed E-state index contributed by atoms with van der Waals surface area (Å²) in [5.74, 6) is -0.0773. The maximum absolute atomic E-state index is 11.9. The van der Waals surface area contributed by atoms with E-state index >= 15 is 0 Å². The quantitative estimate of drug-likeness (QED) is 0.755. The SMILES string of the molecule is CC(C)NC(=O)c1ccc(NC(=S)Nc2ccccc2)cc1. The average Bonchev–Trinajstić information content (AvgIpc) is 2.48. The van der Waals surface area contributed by atoms with Crippen molar-refractivity contribution in [3.63, 3.8) is 0 Å². The van der Waals surface area contributed by atoms with Crippen molar-refractivity contribution in [3.05, 3.63) is 60.2 Å². The molecule has 0 aromatic heterocycles. The highest BCUT2D eigenvalue weighted by molar-refractivity contribution is 7.80. The zero-order valence-corrected chi connectivity index (χ0v) is 13.4. The zero-order chi connectivity index (χ0) is 15.9. The number of para-hydroxylation sites is 1. The van der Waals surface area contributed by atoms with Crippen LogP contribution >= 0.6 is 12.2 Å². The molecule has 2 aromatic rings. The molecule has 0 radical (unpaired) electrons. The Morgan fingerprint density at radius 2 is 1.45 bits per heavy atom. The second kappa shape index (κ2) is 7.56. The fourth-order valence-electron chi connectivity index (χ4n) is 1.87. The Morgan fingerprint density at radius 1 is 0.909 bits per heavy atom. The van der Waals surface area contributed by atoms with Crippen molar-refractivity contribution in [3.8, 4) is 0 Å². The summed E-state index contributed by atoms with van der Waals surface area (Å²) in [4.78, 5) is 11.9. The molecule has 0 fully saturated rings. The van der Waals surface area contributed by atoms with E-state index in [0.717, 1.165) is 11.4 Å². The van der Waals surface area contributed by atoms with Crippen LogP contribution in [0.5, 0.6) is 0 Å². The van der Waals surface area contributed by atoms with Crippen molar-refractivity contribution in [2.24, 2.45) is 0 Å². The highest BCUT2D eigenvalue weighted by atomic mass is 32.1. The third-order valence-electron chi connectivity index (χ3n) is 2.86. The normalized spacial score (nSPS) is 10.1. The first-order valence-corrected chi connectivity index (χ1v) is 7.49. The van der Waals surface area contributed by atoms with Gasteiger partial charge in [0.05, 0.1) is 0 Å². The molecule has 2 rings (SSSR count). The van der Waals surface area contributed by atoms with Gasteiger partial charge in [0.1, 0.15) is 0 Å². The molecule has 0 atom stereocenters. The lowest BCUT2D eigenvalue weighted by molar-refractivity contribution is 0.0943. The van der Waals surface area contributed by atoms with E-state index < -0.39 is 0 Å². The Labute approximate surface area is 135 Å². The van der Waals surface area contributed by atoms with Gasteiger partial charge in [-0.3, -0.25) is 4.79 Å². The predicted octanol–water partition coefficient (Wildman–Crippen LogP) is 3.63. The van der Waals surface area contributed by atoms with Gasteiger partial charge in [0.25, 0.3) is 5.91 Å². The lowest BCUT2D eigenvalue weighted by atomic mass is 10.2. The van der Waals surface area contributed by atoms with Gasteiger partial charge in [0.2, 0.25) is 0 Å². The maximum atomic E-state index is 11.9. The highest BCUT2D eigenvalue weighted by Gasteiger charge is 2.06. The molecule has 1 amide bonds. The van der Waals surface area contributed by atoms with Gasteiger partial charge in [-0.2, -0.15) is 0 Å². The van der Waals surface area contributed by atoms with Gasteiger partial charge in [-0.1, -0.05) is 18.2 Å². The number of carbonyl (C=O) groups is 1. The van der Waals surface area contributed by atoms with E-state index in [1.807, 2.05) is 56.3 Å². The first kappa shape index (κ1) is 16.0. The van der Waals surface area contributed by atoms with Crippen LogP contribution in [-0.4, -0.2) is 17.1 Å². The summed E-state index contributed by atoms with van der Waals surface area (Å²) < 4.78 is 0. The molecule has 4 nitrogen and oxygen atoms in total. The minimum absolute atomic E-state index is 0.0773. The summed E-state index contributed by atoms with van der Waals surface area (Å²) in [6, 6.07) is 17.0. The predicted molar refractivity (Wildman–Crippen MR) is 95.3 cm³/mol. The molecule has 0 heterocycles. The Bertz CT molecular complexity index is 639. The van der Waals surface area contributed by atoms with Crippen LogP contribution in [0.4, 0.5) is 11.4 Å². The summed E-state index contributed by atoms with van der Waals surface area (Å²) >= 11 is 5.26. The summed E-state index contributed by atoms with van der Waals surface area (Å²) in [6.07, 6.45) is 0. The minimum Gasteiger partial charge on any atom is -0.350 e. The van der Waals surface area contributed by atoms with Crippen molar-refractivity contribution in [2.45, 2.75) is 19.9 Å². The van der Waals surface area contributed by atoms with Gasteiger partial charge in [-0.15, -0.1) is 0 Å². The Balaban J connectivity index is 1.93. The van der Waals surface area contributed by atoms with Crippen LogP contribution in [0, 0.1) is 0 Å². The Kier molecular flexibility index (Phi) is 5.49.